The third kappa shape index (κ3) is 4.24. The zero-order chi connectivity index (χ0) is 26.5. The zero-order valence-electron chi connectivity index (χ0n) is 18.5. The van der Waals surface area contributed by atoms with Crippen LogP contribution in [0.1, 0.15) is 27.8 Å². The van der Waals surface area contributed by atoms with Gasteiger partial charge in [0.1, 0.15) is 59.8 Å². The molecule has 3 aromatic rings. The van der Waals surface area contributed by atoms with Crippen LogP contribution in [0.4, 0.5) is 0 Å². The van der Waals surface area contributed by atoms with Gasteiger partial charge in [0, 0.05) is 12.1 Å². The molecule has 1 aliphatic heterocycles. The first kappa shape index (κ1) is 25.1. The molecule has 5 atom stereocenters. The fraction of sp³-hybridized carbons (Fsp3) is 0.304. The van der Waals surface area contributed by atoms with E-state index in [9.17, 15) is 50.4 Å². The van der Waals surface area contributed by atoms with Crippen molar-refractivity contribution in [3.8, 4) is 28.7 Å². The molecule has 0 radical (unpaired) electrons. The number of hydrogen-bond acceptors (Lipinski definition) is 13. The van der Waals surface area contributed by atoms with E-state index < -0.39 is 77.3 Å². The average Bonchev–Trinajstić information content (AvgIpc) is 2.80. The fourth-order valence-electron chi connectivity index (χ4n) is 4.00. The van der Waals surface area contributed by atoms with E-state index in [-0.39, 0.29) is 27.9 Å². The number of rotatable bonds is 4. The molecule has 2 aromatic carbocycles. The van der Waals surface area contributed by atoms with Crippen LogP contribution in [0.15, 0.2) is 33.5 Å². The van der Waals surface area contributed by atoms with E-state index in [0.717, 1.165) is 24.3 Å². The molecule has 0 unspecified atom stereocenters. The Morgan fingerprint density at radius 2 is 1.53 bits per heavy atom. The van der Waals surface area contributed by atoms with Crippen LogP contribution in [0.2, 0.25) is 0 Å². The Balaban J connectivity index is 1.66. The molecule has 13 heteroatoms. The maximum absolute atomic E-state index is 12.4. The van der Waals surface area contributed by atoms with Gasteiger partial charge in [0.15, 0.2) is 28.3 Å². The van der Waals surface area contributed by atoms with Crippen molar-refractivity contribution in [1.29, 1.82) is 0 Å². The summed E-state index contributed by atoms with van der Waals surface area (Å²) in [6.07, 6.45) is -8.57. The first-order valence-electron chi connectivity index (χ1n) is 10.5. The van der Waals surface area contributed by atoms with Crippen molar-refractivity contribution in [3.63, 3.8) is 0 Å². The average molecular weight is 506 g/mol. The van der Waals surface area contributed by atoms with E-state index in [2.05, 4.69) is 0 Å². The lowest BCUT2D eigenvalue weighted by Crippen LogP contribution is -2.55. The van der Waals surface area contributed by atoms with Gasteiger partial charge < -0.3 is 54.7 Å². The summed E-state index contributed by atoms with van der Waals surface area (Å²) in [6.45, 7) is 0.728. The molecule has 8 N–H and O–H groups in total. The molecule has 1 aromatic heterocycles. The number of phenolic OH excluding ortho intramolecular Hbond substituents is 5. The number of benzene rings is 2. The summed E-state index contributed by atoms with van der Waals surface area (Å²) in [5.74, 6) is -4.67. The SMILES string of the molecule is Cc1cc(=O)c2c(O)cc(O)c([C@@H]3O[C@H](COC(=O)c4cc(O)c(O)c(O)c4)[C@@H](O)[C@H](O)[C@H]3O)c2o1. The van der Waals surface area contributed by atoms with Crippen LogP contribution in [0, 0.1) is 6.92 Å². The second kappa shape index (κ2) is 9.20. The number of aliphatic hydroxyl groups excluding tert-OH is 3. The molecule has 0 saturated carbocycles. The van der Waals surface area contributed by atoms with Crippen LogP contribution >= 0.6 is 0 Å². The molecule has 36 heavy (non-hydrogen) atoms. The largest absolute Gasteiger partial charge is 0.507 e. The number of aromatic hydroxyl groups is 5. The summed E-state index contributed by atoms with van der Waals surface area (Å²) in [6, 6.07) is 3.57. The van der Waals surface area contributed by atoms with E-state index >= 15 is 0 Å². The molecule has 0 spiro atoms. The fourth-order valence-corrected chi connectivity index (χ4v) is 4.00. The highest BCUT2D eigenvalue weighted by atomic mass is 16.6. The number of fused-ring (bicyclic) bond motifs is 1. The smallest absolute Gasteiger partial charge is 0.338 e. The monoisotopic (exact) mass is 506 g/mol. The lowest BCUT2D eigenvalue weighted by Gasteiger charge is -2.40. The predicted molar refractivity (Wildman–Crippen MR) is 118 cm³/mol. The highest BCUT2D eigenvalue weighted by Crippen LogP contribution is 2.43. The number of carbonyl (C=O) groups is 1. The lowest BCUT2D eigenvalue weighted by atomic mass is 9.89. The quantitative estimate of drug-likeness (QED) is 0.172. The van der Waals surface area contributed by atoms with Crippen LogP contribution in [-0.2, 0) is 9.47 Å². The molecule has 0 amide bonds. The van der Waals surface area contributed by atoms with Gasteiger partial charge in [0.2, 0.25) is 0 Å². The highest BCUT2D eigenvalue weighted by molar-refractivity contribution is 5.91. The number of aliphatic hydroxyl groups is 3. The molecule has 0 bridgehead atoms. The van der Waals surface area contributed by atoms with Gasteiger partial charge in [0.05, 0.1) is 11.1 Å². The van der Waals surface area contributed by atoms with E-state index in [1.807, 2.05) is 0 Å². The van der Waals surface area contributed by atoms with E-state index in [0.29, 0.717) is 0 Å². The molecule has 4 rings (SSSR count). The summed E-state index contributed by atoms with van der Waals surface area (Å²) < 4.78 is 16.2. The number of carbonyl (C=O) groups excluding carboxylic acids is 1. The third-order valence-corrected chi connectivity index (χ3v) is 5.80. The number of hydrogen-bond donors (Lipinski definition) is 8. The Morgan fingerprint density at radius 3 is 2.17 bits per heavy atom. The van der Waals surface area contributed by atoms with Crippen molar-refractivity contribution in [2.24, 2.45) is 0 Å². The highest BCUT2D eigenvalue weighted by Gasteiger charge is 2.46. The van der Waals surface area contributed by atoms with Crippen molar-refractivity contribution in [3.05, 3.63) is 51.4 Å². The van der Waals surface area contributed by atoms with Crippen LogP contribution in [0.3, 0.4) is 0 Å². The van der Waals surface area contributed by atoms with Crippen LogP contribution < -0.4 is 5.43 Å². The maximum Gasteiger partial charge on any atom is 0.338 e. The molecular formula is C23H22O13. The first-order valence-corrected chi connectivity index (χ1v) is 10.5. The van der Waals surface area contributed by atoms with Gasteiger partial charge in [0.25, 0.3) is 0 Å². The van der Waals surface area contributed by atoms with Gasteiger partial charge in [-0.2, -0.15) is 0 Å². The van der Waals surface area contributed by atoms with Gasteiger partial charge in [-0.05, 0) is 19.1 Å². The Bertz CT molecular complexity index is 1370. The maximum atomic E-state index is 12.4. The second-order valence-corrected chi connectivity index (χ2v) is 8.28. The standard InChI is InChI=1S/C23H22O13/c1-7-2-9(24)15-10(25)5-11(26)16(21(15)35-7)22-20(32)19(31)18(30)14(36-22)6-34-23(33)8-3-12(27)17(29)13(28)4-8/h2-5,14,18-20,22,25-32H,6H2,1H3/t14-,18-,19+,20-,22+/m1/s1. The lowest BCUT2D eigenvalue weighted by molar-refractivity contribution is -0.231. The van der Waals surface area contributed by atoms with Crippen molar-refractivity contribution < 1.29 is 59.5 Å². The van der Waals surface area contributed by atoms with Crippen molar-refractivity contribution in [2.75, 3.05) is 6.61 Å². The van der Waals surface area contributed by atoms with Gasteiger partial charge >= 0.3 is 5.97 Å². The number of aryl methyl sites for hydroxylation is 1. The molecule has 13 nitrogen and oxygen atoms in total. The summed E-state index contributed by atoms with van der Waals surface area (Å²) in [5.41, 5.74) is -1.63. The first-order chi connectivity index (χ1) is 16.9. The van der Waals surface area contributed by atoms with E-state index in [4.69, 9.17) is 13.9 Å². The number of phenols is 5. The van der Waals surface area contributed by atoms with Crippen LogP contribution in [0.5, 0.6) is 28.7 Å². The van der Waals surface area contributed by atoms with Crippen LogP contribution in [0.25, 0.3) is 11.0 Å². The normalized spacial score (nSPS) is 24.1. The van der Waals surface area contributed by atoms with Crippen molar-refractivity contribution in [2.45, 2.75) is 37.4 Å². The van der Waals surface area contributed by atoms with Crippen LogP contribution in [-0.4, -0.2) is 77.8 Å². The van der Waals surface area contributed by atoms with Gasteiger partial charge in [-0.3, -0.25) is 4.79 Å². The summed E-state index contributed by atoms with van der Waals surface area (Å²) in [4.78, 5) is 24.8. The molecule has 192 valence electrons. The van der Waals surface area contributed by atoms with Gasteiger partial charge in [-0.25, -0.2) is 4.79 Å². The summed E-state index contributed by atoms with van der Waals surface area (Å²) in [7, 11) is 0. The predicted octanol–water partition coefficient (Wildman–Crippen LogP) is 0.00902. The third-order valence-electron chi connectivity index (χ3n) is 5.80. The molecule has 0 aliphatic carbocycles. The molecule has 2 heterocycles. The minimum atomic E-state index is -1.87. The topological polar surface area (TPSA) is 228 Å². The molecule has 1 aliphatic rings. The molecule has 1 saturated heterocycles. The molecular weight excluding hydrogens is 484 g/mol. The Morgan fingerprint density at radius 1 is 0.889 bits per heavy atom. The van der Waals surface area contributed by atoms with Gasteiger partial charge in [-0.15, -0.1) is 0 Å². The second-order valence-electron chi connectivity index (χ2n) is 8.28. The molecule has 1 fully saturated rings. The summed E-state index contributed by atoms with van der Waals surface area (Å²) in [5, 5.41) is 80.3. The summed E-state index contributed by atoms with van der Waals surface area (Å²) >= 11 is 0. The Hall–Kier alpha value is -4.04. The zero-order valence-corrected chi connectivity index (χ0v) is 18.5. The minimum Gasteiger partial charge on any atom is -0.507 e. The minimum absolute atomic E-state index is 0.107. The van der Waals surface area contributed by atoms with Gasteiger partial charge in [-0.1, -0.05) is 0 Å². The Kier molecular flexibility index (Phi) is 6.41. The van der Waals surface area contributed by atoms with Crippen molar-refractivity contribution in [1.82, 2.24) is 0 Å². The number of esters is 1. The van der Waals surface area contributed by atoms with E-state index in [1.165, 1.54) is 6.92 Å². The van der Waals surface area contributed by atoms with E-state index in [1.54, 1.807) is 0 Å². The van der Waals surface area contributed by atoms with Crippen molar-refractivity contribution >= 4 is 16.9 Å². The Labute approximate surface area is 201 Å². The number of ether oxygens (including phenoxy) is 2.